The summed E-state index contributed by atoms with van der Waals surface area (Å²) in [6.07, 6.45) is 7.79. The van der Waals surface area contributed by atoms with Crippen molar-refractivity contribution in [2.24, 2.45) is 7.05 Å². The highest BCUT2D eigenvalue weighted by Gasteiger charge is 2.22. The minimum Gasteiger partial charge on any atom is -0.201 e. The van der Waals surface area contributed by atoms with Gasteiger partial charge in [0.15, 0.2) is 6.20 Å². The van der Waals surface area contributed by atoms with E-state index >= 15 is 0 Å². The number of rotatable bonds is 2. The Labute approximate surface area is 149 Å². The Morgan fingerprint density at radius 1 is 1.04 bits per heavy atom. The Morgan fingerprint density at radius 3 is 2.42 bits per heavy atom. The SMILES string of the molecule is [2H]C1(c2ccc(C)c(-c3cc(C(C)(C)C)cc[n+]3C)c2)CCCCC1. The normalized spacial score (nSPS) is 18.3. The quantitative estimate of drug-likeness (QED) is 0.612. The molecule has 1 heteroatoms. The number of aryl methyl sites for hydroxylation is 2. The van der Waals surface area contributed by atoms with Crippen molar-refractivity contribution in [1.29, 1.82) is 0 Å². The molecule has 0 bridgehead atoms. The standard InChI is InChI=1S/C23H32N/c1-17-11-12-19(18-9-7-6-8-10-18)15-21(17)22-16-20(23(2,3)4)13-14-24(22)5/h11-16,18H,6-10H2,1-5H3/q+1/i18D. The fourth-order valence-electron chi connectivity index (χ4n) is 3.69. The van der Waals surface area contributed by atoms with Crippen LogP contribution in [0.3, 0.4) is 0 Å². The van der Waals surface area contributed by atoms with Crippen LogP contribution in [0.25, 0.3) is 11.3 Å². The zero-order valence-corrected chi connectivity index (χ0v) is 15.9. The molecule has 1 aliphatic rings. The van der Waals surface area contributed by atoms with E-state index in [-0.39, 0.29) is 5.41 Å². The van der Waals surface area contributed by atoms with Crippen molar-refractivity contribution in [3.8, 4) is 11.3 Å². The fourth-order valence-corrected chi connectivity index (χ4v) is 3.69. The van der Waals surface area contributed by atoms with Crippen molar-refractivity contribution < 1.29 is 5.94 Å². The van der Waals surface area contributed by atoms with Crippen LogP contribution in [0.4, 0.5) is 0 Å². The van der Waals surface area contributed by atoms with Crippen molar-refractivity contribution in [2.75, 3.05) is 0 Å². The first-order valence-corrected chi connectivity index (χ1v) is 9.32. The van der Waals surface area contributed by atoms with Gasteiger partial charge in [0.1, 0.15) is 7.05 Å². The molecule has 0 atom stereocenters. The minimum absolute atomic E-state index is 0.133. The van der Waals surface area contributed by atoms with Crippen molar-refractivity contribution in [1.82, 2.24) is 0 Å². The van der Waals surface area contributed by atoms with Crippen LogP contribution in [0.2, 0.25) is 0 Å². The summed E-state index contributed by atoms with van der Waals surface area (Å²) in [7, 11) is 2.12. The molecule has 0 aliphatic heterocycles. The number of nitrogens with zero attached hydrogens (tertiary/aromatic N) is 1. The third kappa shape index (κ3) is 3.55. The van der Waals surface area contributed by atoms with Gasteiger partial charge in [-0.2, -0.15) is 0 Å². The minimum atomic E-state index is -0.402. The molecule has 2 aromatic rings. The second-order valence-corrected chi connectivity index (χ2v) is 8.36. The van der Waals surface area contributed by atoms with Gasteiger partial charge in [-0.15, -0.1) is 0 Å². The summed E-state index contributed by atoms with van der Waals surface area (Å²) in [5, 5.41) is 0. The van der Waals surface area contributed by atoms with Gasteiger partial charge in [-0.1, -0.05) is 52.2 Å². The maximum Gasteiger partial charge on any atom is 0.212 e. The van der Waals surface area contributed by atoms with E-state index in [2.05, 4.69) is 75.8 Å². The monoisotopic (exact) mass is 323 g/mol. The second kappa shape index (κ2) is 6.70. The third-order valence-corrected chi connectivity index (χ3v) is 5.39. The van der Waals surface area contributed by atoms with Crippen LogP contribution in [-0.4, -0.2) is 0 Å². The lowest BCUT2D eigenvalue weighted by molar-refractivity contribution is -0.660. The largest absolute Gasteiger partial charge is 0.212 e. The molecule has 3 rings (SSSR count). The Bertz CT molecular complexity index is 764. The zero-order chi connectivity index (χ0) is 18.2. The van der Waals surface area contributed by atoms with Crippen LogP contribution >= 0.6 is 0 Å². The highest BCUT2D eigenvalue weighted by Crippen LogP contribution is 2.35. The number of hydrogen-bond donors (Lipinski definition) is 0. The number of benzene rings is 1. The van der Waals surface area contributed by atoms with Crippen molar-refractivity contribution in [3.63, 3.8) is 0 Å². The van der Waals surface area contributed by atoms with Crippen LogP contribution in [0, 0.1) is 6.92 Å². The van der Waals surface area contributed by atoms with Crippen LogP contribution in [-0.2, 0) is 12.5 Å². The lowest BCUT2D eigenvalue weighted by Crippen LogP contribution is -2.32. The van der Waals surface area contributed by atoms with E-state index in [1.54, 1.807) is 0 Å². The van der Waals surface area contributed by atoms with Gasteiger partial charge in [0.25, 0.3) is 0 Å². The van der Waals surface area contributed by atoms with Gasteiger partial charge in [0.2, 0.25) is 5.69 Å². The summed E-state index contributed by atoms with van der Waals surface area (Å²) >= 11 is 0. The van der Waals surface area contributed by atoms with Crippen LogP contribution in [0.1, 0.15) is 76.8 Å². The Kier molecular flexibility index (Phi) is 4.43. The second-order valence-electron chi connectivity index (χ2n) is 8.36. The first-order valence-electron chi connectivity index (χ1n) is 9.82. The summed E-state index contributed by atoms with van der Waals surface area (Å²) < 4.78 is 11.2. The summed E-state index contributed by atoms with van der Waals surface area (Å²) in [6, 6.07) is 11.2. The molecule has 1 heterocycles. The van der Waals surface area contributed by atoms with Gasteiger partial charge in [-0.05, 0) is 53.8 Å². The molecule has 1 aromatic carbocycles. The maximum atomic E-state index is 8.98. The molecular weight excluding hydrogens is 290 g/mol. The molecule has 0 unspecified atom stereocenters. The lowest BCUT2D eigenvalue weighted by atomic mass is 9.82. The van der Waals surface area contributed by atoms with E-state index in [0.717, 1.165) is 12.8 Å². The van der Waals surface area contributed by atoms with E-state index < -0.39 is 5.89 Å². The molecule has 0 N–H and O–H groups in total. The summed E-state index contributed by atoms with van der Waals surface area (Å²) in [4.78, 5) is 0. The Balaban J connectivity index is 2.10. The van der Waals surface area contributed by atoms with Gasteiger partial charge in [-0.3, -0.25) is 0 Å². The van der Waals surface area contributed by atoms with Gasteiger partial charge < -0.3 is 0 Å². The zero-order valence-electron chi connectivity index (χ0n) is 16.9. The van der Waals surface area contributed by atoms with E-state index in [9.17, 15) is 0 Å². The molecule has 0 spiro atoms. The van der Waals surface area contributed by atoms with E-state index in [4.69, 9.17) is 1.37 Å². The Hall–Kier alpha value is -1.63. The number of aromatic nitrogens is 1. The van der Waals surface area contributed by atoms with Crippen molar-refractivity contribution in [2.45, 2.75) is 71.1 Å². The average Bonchev–Trinajstić information content (AvgIpc) is 2.55. The number of pyridine rings is 1. The Morgan fingerprint density at radius 2 is 1.75 bits per heavy atom. The lowest BCUT2D eigenvalue weighted by Gasteiger charge is -2.23. The highest BCUT2D eigenvalue weighted by molar-refractivity contribution is 5.63. The third-order valence-electron chi connectivity index (χ3n) is 5.39. The topological polar surface area (TPSA) is 3.88 Å². The van der Waals surface area contributed by atoms with E-state index in [1.807, 2.05) is 0 Å². The van der Waals surface area contributed by atoms with Crippen molar-refractivity contribution >= 4 is 0 Å². The fraction of sp³-hybridized carbons (Fsp3) is 0.522. The summed E-state index contributed by atoms with van der Waals surface area (Å²) in [5.41, 5.74) is 6.46. The first-order chi connectivity index (χ1) is 11.7. The molecule has 128 valence electrons. The van der Waals surface area contributed by atoms with E-state index in [1.165, 1.54) is 47.2 Å². The predicted octanol–water partition coefficient (Wildman–Crippen LogP) is 5.83. The molecule has 24 heavy (non-hydrogen) atoms. The van der Waals surface area contributed by atoms with Crippen LogP contribution in [0.15, 0.2) is 36.5 Å². The smallest absolute Gasteiger partial charge is 0.201 e. The molecule has 1 aliphatic carbocycles. The molecule has 1 nitrogen and oxygen atoms in total. The number of hydrogen-bond acceptors (Lipinski definition) is 0. The van der Waals surface area contributed by atoms with Crippen LogP contribution in [0.5, 0.6) is 0 Å². The molecule has 1 aromatic heterocycles. The molecule has 0 radical (unpaired) electrons. The molecular formula is C23H32N+. The van der Waals surface area contributed by atoms with Gasteiger partial charge in [0, 0.05) is 19.1 Å². The maximum absolute atomic E-state index is 8.98. The molecule has 0 saturated heterocycles. The van der Waals surface area contributed by atoms with Gasteiger partial charge >= 0.3 is 0 Å². The summed E-state index contributed by atoms with van der Waals surface area (Å²) in [6.45, 7) is 8.96. The van der Waals surface area contributed by atoms with Crippen molar-refractivity contribution in [3.05, 3.63) is 53.2 Å². The molecule has 0 amide bonds. The molecule has 1 fully saturated rings. The predicted molar refractivity (Wildman–Crippen MR) is 102 cm³/mol. The van der Waals surface area contributed by atoms with Crippen LogP contribution < -0.4 is 4.57 Å². The van der Waals surface area contributed by atoms with Gasteiger partial charge in [-0.25, -0.2) is 4.57 Å². The average molecular weight is 324 g/mol. The molecule has 1 saturated carbocycles. The first kappa shape index (κ1) is 15.9. The van der Waals surface area contributed by atoms with E-state index in [0.29, 0.717) is 0 Å². The van der Waals surface area contributed by atoms with Gasteiger partial charge in [0.05, 0.1) is 0 Å². The highest BCUT2D eigenvalue weighted by atomic mass is 14.9. The summed E-state index contributed by atoms with van der Waals surface area (Å²) in [5.74, 6) is -0.402.